The third kappa shape index (κ3) is 2.92. The van der Waals surface area contributed by atoms with Gasteiger partial charge in [-0.3, -0.25) is 0 Å². The number of hydrogen-bond donors (Lipinski definition) is 1. The van der Waals surface area contributed by atoms with Crippen LogP contribution in [0.4, 0.5) is 0 Å². The molecule has 1 aromatic heterocycles. The highest BCUT2D eigenvalue weighted by atomic mass is 15.6. The van der Waals surface area contributed by atoms with E-state index >= 15 is 0 Å². The van der Waals surface area contributed by atoms with E-state index in [0.717, 1.165) is 12.2 Å². The maximum atomic E-state index is 4.23. The number of benzene rings is 1. The molecule has 5 nitrogen and oxygen atoms in total. The lowest BCUT2D eigenvalue weighted by Gasteiger charge is -2.23. The number of nitrogens with one attached hydrogen (secondary N) is 1. The third-order valence-corrected chi connectivity index (χ3v) is 3.09. The summed E-state index contributed by atoms with van der Waals surface area (Å²) in [6.07, 6.45) is 0.814. The first-order chi connectivity index (χ1) is 8.70. The van der Waals surface area contributed by atoms with Gasteiger partial charge in [0.1, 0.15) is 0 Å². The molecule has 96 valence electrons. The molecule has 0 aliphatic heterocycles. The second kappa shape index (κ2) is 5.73. The van der Waals surface area contributed by atoms with E-state index in [1.165, 1.54) is 10.4 Å². The smallest absolute Gasteiger partial charge is 0.175 e. The molecule has 1 N–H and O–H groups in total. The summed E-state index contributed by atoms with van der Waals surface area (Å²) >= 11 is 0. The van der Waals surface area contributed by atoms with E-state index in [-0.39, 0.29) is 0 Å². The Labute approximate surface area is 107 Å². The summed E-state index contributed by atoms with van der Waals surface area (Å²) < 4.78 is 0. The van der Waals surface area contributed by atoms with Crippen LogP contribution in [0.3, 0.4) is 0 Å². The van der Waals surface area contributed by atoms with Gasteiger partial charge in [0.05, 0.1) is 7.05 Å². The van der Waals surface area contributed by atoms with Crippen LogP contribution in [0.15, 0.2) is 30.3 Å². The van der Waals surface area contributed by atoms with Crippen molar-refractivity contribution in [1.29, 1.82) is 0 Å². The Hall–Kier alpha value is -1.75. The Bertz CT molecular complexity index is 479. The molecule has 2 rings (SSSR count). The van der Waals surface area contributed by atoms with Gasteiger partial charge in [-0.2, -0.15) is 4.80 Å². The average molecular weight is 245 g/mol. The van der Waals surface area contributed by atoms with Crippen LogP contribution >= 0.6 is 0 Å². The van der Waals surface area contributed by atoms with Gasteiger partial charge in [0, 0.05) is 12.5 Å². The number of rotatable bonds is 5. The SMILES string of the molecule is CNC(c1ccccc1)C(C)Cc1nnn(C)n1. The summed E-state index contributed by atoms with van der Waals surface area (Å²) in [5, 5.41) is 15.5. The fourth-order valence-electron chi connectivity index (χ4n) is 2.25. The van der Waals surface area contributed by atoms with E-state index in [9.17, 15) is 0 Å². The topological polar surface area (TPSA) is 55.6 Å². The molecule has 2 aromatic rings. The first-order valence-electron chi connectivity index (χ1n) is 6.15. The van der Waals surface area contributed by atoms with Crippen LogP contribution in [0.5, 0.6) is 0 Å². The van der Waals surface area contributed by atoms with Gasteiger partial charge in [-0.1, -0.05) is 37.3 Å². The molecular weight excluding hydrogens is 226 g/mol. The molecule has 0 radical (unpaired) electrons. The third-order valence-electron chi connectivity index (χ3n) is 3.09. The maximum Gasteiger partial charge on any atom is 0.175 e. The van der Waals surface area contributed by atoms with Gasteiger partial charge in [0.25, 0.3) is 0 Å². The fourth-order valence-corrected chi connectivity index (χ4v) is 2.25. The Morgan fingerprint density at radius 1 is 1.28 bits per heavy atom. The first kappa shape index (κ1) is 12.7. The van der Waals surface area contributed by atoms with Crippen molar-refractivity contribution in [2.75, 3.05) is 7.05 Å². The van der Waals surface area contributed by atoms with Crippen molar-refractivity contribution in [3.63, 3.8) is 0 Å². The van der Waals surface area contributed by atoms with Crippen molar-refractivity contribution in [3.05, 3.63) is 41.7 Å². The Morgan fingerprint density at radius 2 is 2.00 bits per heavy atom. The van der Waals surface area contributed by atoms with Crippen LogP contribution in [0, 0.1) is 5.92 Å². The highest BCUT2D eigenvalue weighted by Crippen LogP contribution is 2.23. The molecule has 0 fully saturated rings. The molecule has 18 heavy (non-hydrogen) atoms. The fraction of sp³-hybridized carbons (Fsp3) is 0.462. The lowest BCUT2D eigenvalue weighted by molar-refractivity contribution is 0.401. The van der Waals surface area contributed by atoms with Crippen LogP contribution in [0.1, 0.15) is 24.4 Å². The van der Waals surface area contributed by atoms with E-state index < -0.39 is 0 Å². The van der Waals surface area contributed by atoms with E-state index in [1.54, 1.807) is 7.05 Å². The zero-order valence-electron chi connectivity index (χ0n) is 11.0. The normalized spacial score (nSPS) is 14.4. The highest BCUT2D eigenvalue weighted by molar-refractivity contribution is 5.19. The van der Waals surface area contributed by atoms with Crippen LogP contribution in [-0.2, 0) is 13.5 Å². The molecule has 0 aliphatic carbocycles. The van der Waals surface area contributed by atoms with Crippen molar-refractivity contribution in [2.45, 2.75) is 19.4 Å². The molecule has 0 bridgehead atoms. The number of hydrogen-bond acceptors (Lipinski definition) is 4. The van der Waals surface area contributed by atoms with Crippen molar-refractivity contribution in [3.8, 4) is 0 Å². The van der Waals surface area contributed by atoms with Gasteiger partial charge in [0.2, 0.25) is 0 Å². The van der Waals surface area contributed by atoms with Crippen LogP contribution in [-0.4, -0.2) is 27.3 Å². The monoisotopic (exact) mass is 245 g/mol. The summed E-state index contributed by atoms with van der Waals surface area (Å²) in [6, 6.07) is 10.7. The van der Waals surface area contributed by atoms with E-state index in [2.05, 4.69) is 51.9 Å². The van der Waals surface area contributed by atoms with Gasteiger partial charge in [-0.05, 0) is 23.7 Å². The zero-order chi connectivity index (χ0) is 13.0. The number of aromatic nitrogens is 4. The Morgan fingerprint density at radius 3 is 2.56 bits per heavy atom. The molecular formula is C13H19N5. The zero-order valence-corrected chi connectivity index (χ0v) is 11.0. The van der Waals surface area contributed by atoms with Crippen molar-refractivity contribution < 1.29 is 0 Å². The minimum absolute atomic E-state index is 0.301. The predicted octanol–water partition coefficient (Wildman–Crippen LogP) is 1.35. The molecule has 0 saturated heterocycles. The molecule has 0 spiro atoms. The molecule has 5 heteroatoms. The van der Waals surface area contributed by atoms with Crippen molar-refractivity contribution in [2.24, 2.45) is 13.0 Å². The molecule has 2 unspecified atom stereocenters. The minimum atomic E-state index is 0.301. The molecule has 0 saturated carbocycles. The predicted molar refractivity (Wildman–Crippen MR) is 69.9 cm³/mol. The van der Waals surface area contributed by atoms with Gasteiger partial charge >= 0.3 is 0 Å². The van der Waals surface area contributed by atoms with Crippen LogP contribution in [0.2, 0.25) is 0 Å². The van der Waals surface area contributed by atoms with E-state index in [4.69, 9.17) is 0 Å². The quantitative estimate of drug-likeness (QED) is 0.864. The van der Waals surface area contributed by atoms with Crippen LogP contribution < -0.4 is 5.32 Å². The van der Waals surface area contributed by atoms with Gasteiger partial charge < -0.3 is 5.32 Å². The highest BCUT2D eigenvalue weighted by Gasteiger charge is 2.19. The summed E-state index contributed by atoms with van der Waals surface area (Å²) in [5.41, 5.74) is 1.29. The van der Waals surface area contributed by atoms with Crippen LogP contribution in [0.25, 0.3) is 0 Å². The average Bonchev–Trinajstić information content (AvgIpc) is 2.77. The number of aryl methyl sites for hydroxylation is 1. The second-order valence-electron chi connectivity index (χ2n) is 4.55. The maximum absolute atomic E-state index is 4.23. The first-order valence-corrected chi connectivity index (χ1v) is 6.15. The summed E-state index contributed by atoms with van der Waals surface area (Å²) in [7, 11) is 3.77. The van der Waals surface area contributed by atoms with Crippen molar-refractivity contribution in [1.82, 2.24) is 25.5 Å². The Balaban J connectivity index is 2.08. The van der Waals surface area contributed by atoms with E-state index in [0.29, 0.717) is 12.0 Å². The van der Waals surface area contributed by atoms with Gasteiger partial charge in [-0.25, -0.2) is 0 Å². The summed E-state index contributed by atoms with van der Waals surface area (Å²) in [6.45, 7) is 2.20. The summed E-state index contributed by atoms with van der Waals surface area (Å²) in [4.78, 5) is 1.50. The molecule has 1 heterocycles. The summed E-state index contributed by atoms with van der Waals surface area (Å²) in [5.74, 6) is 1.20. The van der Waals surface area contributed by atoms with E-state index in [1.807, 2.05) is 13.1 Å². The minimum Gasteiger partial charge on any atom is -0.313 e. The molecule has 2 atom stereocenters. The molecule has 1 aromatic carbocycles. The number of tetrazole rings is 1. The number of nitrogens with zero attached hydrogens (tertiary/aromatic N) is 4. The second-order valence-corrected chi connectivity index (χ2v) is 4.55. The van der Waals surface area contributed by atoms with Gasteiger partial charge in [-0.15, -0.1) is 10.2 Å². The van der Waals surface area contributed by atoms with Crippen molar-refractivity contribution >= 4 is 0 Å². The molecule has 0 amide bonds. The lowest BCUT2D eigenvalue weighted by atomic mass is 9.92. The standard InChI is InChI=1S/C13H19N5/c1-10(9-12-15-17-18(3)16-12)13(14-2)11-7-5-4-6-8-11/h4-8,10,13-14H,9H2,1-3H3. The Kier molecular flexibility index (Phi) is 4.04. The lowest BCUT2D eigenvalue weighted by Crippen LogP contribution is -2.25. The molecule has 0 aliphatic rings. The largest absolute Gasteiger partial charge is 0.313 e. The van der Waals surface area contributed by atoms with Gasteiger partial charge in [0.15, 0.2) is 5.82 Å².